The van der Waals surface area contributed by atoms with Crippen molar-refractivity contribution in [2.24, 2.45) is 5.92 Å². The Morgan fingerprint density at radius 3 is 1.98 bits per heavy atom. The molecule has 0 aromatic heterocycles. The Kier molecular flexibility index (Phi) is 11.3. The Hall–Kier alpha value is -3.73. The fourth-order valence-electron chi connectivity index (χ4n) is 5.89. The van der Waals surface area contributed by atoms with E-state index in [0.717, 1.165) is 24.2 Å². The lowest BCUT2D eigenvalue weighted by Gasteiger charge is -2.36. The molecule has 0 saturated heterocycles. The normalized spacial score (nSPS) is 14.2. The van der Waals surface area contributed by atoms with Crippen molar-refractivity contribution in [3.05, 3.63) is 142 Å². The zero-order chi connectivity index (χ0) is 30.9. The summed E-state index contributed by atoms with van der Waals surface area (Å²) in [7, 11) is 0. The lowest BCUT2D eigenvalue weighted by molar-refractivity contribution is -0.161. The van der Waals surface area contributed by atoms with E-state index in [1.807, 2.05) is 60.7 Å². The number of esters is 1. The molecule has 4 atom stereocenters. The van der Waals surface area contributed by atoms with Gasteiger partial charge in [-0.05, 0) is 93.3 Å². The quantitative estimate of drug-likeness (QED) is 0.163. The van der Waals surface area contributed by atoms with Crippen molar-refractivity contribution in [2.45, 2.75) is 85.7 Å². The van der Waals surface area contributed by atoms with Crippen LogP contribution in [-0.4, -0.2) is 28.1 Å². The summed E-state index contributed by atoms with van der Waals surface area (Å²) in [6, 6.07) is 32.9. The summed E-state index contributed by atoms with van der Waals surface area (Å²) in [5.41, 5.74) is 9.67. The van der Waals surface area contributed by atoms with Crippen LogP contribution in [0.15, 0.2) is 97.1 Å². The van der Waals surface area contributed by atoms with Gasteiger partial charge in [0.25, 0.3) is 0 Å². The van der Waals surface area contributed by atoms with Crippen LogP contribution in [0.4, 0.5) is 0 Å². The van der Waals surface area contributed by atoms with Gasteiger partial charge in [-0.15, -0.1) is 0 Å². The van der Waals surface area contributed by atoms with Crippen LogP contribution in [0.3, 0.4) is 0 Å². The van der Waals surface area contributed by atoms with E-state index in [2.05, 4.69) is 75.9 Å². The number of carbonyl (C=O) groups excluding carboxylic acids is 1. The van der Waals surface area contributed by atoms with E-state index >= 15 is 0 Å². The maximum Gasteiger partial charge on any atom is 0.311 e. The Balaban J connectivity index is 1.61. The fraction of sp³-hybridized carbons (Fsp3) is 0.359. The van der Waals surface area contributed by atoms with E-state index in [1.165, 1.54) is 33.4 Å². The lowest BCUT2D eigenvalue weighted by atomic mass is 9.95. The Bertz CT molecular complexity index is 1440. The van der Waals surface area contributed by atoms with Crippen LogP contribution < -0.4 is 0 Å². The van der Waals surface area contributed by atoms with Gasteiger partial charge >= 0.3 is 5.97 Å². The van der Waals surface area contributed by atoms with Gasteiger partial charge < -0.3 is 9.84 Å². The van der Waals surface area contributed by atoms with E-state index in [0.29, 0.717) is 12.8 Å². The Morgan fingerprint density at radius 1 is 0.767 bits per heavy atom. The molecule has 4 aromatic rings. The molecule has 0 saturated carbocycles. The number of benzene rings is 4. The fourth-order valence-corrected chi connectivity index (χ4v) is 5.89. The van der Waals surface area contributed by atoms with Crippen LogP contribution in [0.25, 0.3) is 0 Å². The number of hydrogen-bond acceptors (Lipinski definition) is 4. The highest BCUT2D eigenvalue weighted by molar-refractivity contribution is 5.73. The molecule has 4 rings (SSSR count). The first kappa shape index (κ1) is 32.2. The molecule has 1 N–H and O–H groups in total. The number of aliphatic hydroxyl groups is 1. The molecule has 0 aliphatic heterocycles. The van der Waals surface area contributed by atoms with Crippen molar-refractivity contribution in [1.29, 1.82) is 0 Å². The van der Waals surface area contributed by atoms with Crippen LogP contribution in [0.2, 0.25) is 0 Å². The molecule has 0 heterocycles. The lowest BCUT2D eigenvalue weighted by Crippen LogP contribution is -2.40. The highest BCUT2D eigenvalue weighted by Gasteiger charge is 2.32. The molecular weight excluding hydrogens is 530 g/mol. The molecular formula is C39H47NO3. The molecule has 0 spiro atoms. The summed E-state index contributed by atoms with van der Waals surface area (Å²) in [6.07, 6.45) is -0.0950. The first-order valence-corrected chi connectivity index (χ1v) is 15.5. The third-order valence-corrected chi connectivity index (χ3v) is 8.74. The molecule has 226 valence electrons. The summed E-state index contributed by atoms with van der Waals surface area (Å²) >= 11 is 0. The van der Waals surface area contributed by atoms with Gasteiger partial charge in [0.05, 0.1) is 12.0 Å². The highest BCUT2D eigenvalue weighted by atomic mass is 16.5. The van der Waals surface area contributed by atoms with Gasteiger partial charge in [0.1, 0.15) is 6.10 Å². The van der Waals surface area contributed by atoms with Gasteiger partial charge in [-0.25, -0.2) is 0 Å². The van der Waals surface area contributed by atoms with Gasteiger partial charge in [-0.1, -0.05) is 103 Å². The monoisotopic (exact) mass is 577 g/mol. The molecule has 43 heavy (non-hydrogen) atoms. The van der Waals surface area contributed by atoms with Crippen LogP contribution in [0.1, 0.15) is 70.9 Å². The van der Waals surface area contributed by atoms with E-state index in [9.17, 15) is 9.90 Å². The zero-order valence-electron chi connectivity index (χ0n) is 26.6. The first-order chi connectivity index (χ1) is 20.6. The van der Waals surface area contributed by atoms with Crippen LogP contribution >= 0.6 is 0 Å². The standard InChI is InChI=1S/C39H47NO3/c1-27-23-29(3)36(30(4)24-27)26-40(25-35-20-14-13-15-28(35)2)32(6)38(34-18-11-8-12-19-34)43-39(42)31(5)37(41)22-21-33-16-9-7-10-17-33/h7-20,23-24,31-32,37-38,41H,21-22,25-26H2,1-6H3/t31-,32-,37-,38-/m0/s1. The number of carbonyl (C=O) groups is 1. The average Bonchev–Trinajstić information content (AvgIpc) is 3.00. The second-order valence-corrected chi connectivity index (χ2v) is 12.1. The van der Waals surface area contributed by atoms with E-state index < -0.39 is 18.1 Å². The predicted octanol–water partition coefficient (Wildman–Crippen LogP) is 8.23. The third-order valence-electron chi connectivity index (χ3n) is 8.74. The summed E-state index contributed by atoms with van der Waals surface area (Å²) < 4.78 is 6.36. The number of hydrogen-bond donors (Lipinski definition) is 1. The number of nitrogens with zero attached hydrogens (tertiary/aromatic N) is 1. The molecule has 0 bridgehead atoms. The SMILES string of the molecule is Cc1cc(C)c(CN(Cc2ccccc2C)[C@@H](C)[C@H](OC(=O)[C@@H](C)[C@@H](O)CCc2ccccc2)c2ccccc2)c(C)c1. The van der Waals surface area contributed by atoms with Crippen molar-refractivity contribution in [2.75, 3.05) is 0 Å². The Labute approximate surface area is 258 Å². The second kappa shape index (κ2) is 15.1. The summed E-state index contributed by atoms with van der Waals surface area (Å²) in [6.45, 7) is 14.0. The van der Waals surface area contributed by atoms with Gasteiger partial charge in [-0.2, -0.15) is 0 Å². The maximum atomic E-state index is 13.6. The molecule has 0 radical (unpaired) electrons. The van der Waals surface area contributed by atoms with E-state index in [4.69, 9.17) is 4.74 Å². The van der Waals surface area contributed by atoms with Crippen LogP contribution in [0, 0.1) is 33.6 Å². The van der Waals surface area contributed by atoms with Crippen molar-refractivity contribution in [3.63, 3.8) is 0 Å². The minimum Gasteiger partial charge on any atom is -0.456 e. The number of aliphatic hydroxyl groups excluding tert-OH is 1. The molecule has 4 heteroatoms. The summed E-state index contributed by atoms with van der Waals surface area (Å²) in [4.78, 5) is 16.0. The molecule has 0 fully saturated rings. The van der Waals surface area contributed by atoms with Gasteiger partial charge in [0, 0.05) is 19.1 Å². The maximum absolute atomic E-state index is 13.6. The largest absolute Gasteiger partial charge is 0.456 e. The molecule has 0 aliphatic carbocycles. The second-order valence-electron chi connectivity index (χ2n) is 12.1. The molecule has 0 amide bonds. The van der Waals surface area contributed by atoms with Crippen molar-refractivity contribution in [1.82, 2.24) is 4.90 Å². The third kappa shape index (κ3) is 8.65. The number of aryl methyl sites for hydroxylation is 5. The van der Waals surface area contributed by atoms with Crippen molar-refractivity contribution in [3.8, 4) is 0 Å². The van der Waals surface area contributed by atoms with Gasteiger partial charge in [-0.3, -0.25) is 9.69 Å². The van der Waals surface area contributed by atoms with Crippen LogP contribution in [0.5, 0.6) is 0 Å². The molecule has 0 aliphatic rings. The van der Waals surface area contributed by atoms with Crippen molar-refractivity contribution < 1.29 is 14.6 Å². The molecule has 0 unspecified atom stereocenters. The van der Waals surface area contributed by atoms with Gasteiger partial charge in [0.15, 0.2) is 0 Å². The topological polar surface area (TPSA) is 49.8 Å². The van der Waals surface area contributed by atoms with E-state index in [-0.39, 0.29) is 12.0 Å². The number of ether oxygens (including phenoxy) is 1. The molecule has 4 aromatic carbocycles. The minimum absolute atomic E-state index is 0.139. The predicted molar refractivity (Wildman–Crippen MR) is 176 cm³/mol. The number of rotatable bonds is 13. The van der Waals surface area contributed by atoms with Crippen molar-refractivity contribution >= 4 is 5.97 Å². The molecule has 4 nitrogen and oxygen atoms in total. The average molecular weight is 578 g/mol. The minimum atomic E-state index is -0.791. The van der Waals surface area contributed by atoms with Gasteiger partial charge in [0.2, 0.25) is 0 Å². The summed E-state index contributed by atoms with van der Waals surface area (Å²) in [5, 5.41) is 11.0. The Morgan fingerprint density at radius 2 is 1.35 bits per heavy atom. The van der Waals surface area contributed by atoms with E-state index in [1.54, 1.807) is 6.92 Å². The zero-order valence-corrected chi connectivity index (χ0v) is 26.6. The first-order valence-electron chi connectivity index (χ1n) is 15.5. The van der Waals surface area contributed by atoms with Crippen LogP contribution in [-0.2, 0) is 29.0 Å². The smallest absolute Gasteiger partial charge is 0.311 e. The highest BCUT2D eigenvalue weighted by Crippen LogP contribution is 2.31. The summed E-state index contributed by atoms with van der Waals surface area (Å²) in [5.74, 6) is -1.02.